The van der Waals surface area contributed by atoms with Crippen molar-refractivity contribution in [2.45, 2.75) is 37.3 Å². The number of benzene rings is 2. The lowest BCUT2D eigenvalue weighted by Crippen LogP contribution is -2.55. The van der Waals surface area contributed by atoms with Crippen LogP contribution in [-0.2, 0) is 17.9 Å². The van der Waals surface area contributed by atoms with Gasteiger partial charge in [0.1, 0.15) is 12.2 Å². The second-order valence-corrected chi connectivity index (χ2v) is 10.6. The van der Waals surface area contributed by atoms with E-state index in [4.69, 9.17) is 23.0 Å². The number of para-hydroxylation sites is 1. The molecule has 0 bridgehead atoms. The molecule has 3 heterocycles. The van der Waals surface area contributed by atoms with E-state index in [-0.39, 0.29) is 37.6 Å². The van der Waals surface area contributed by atoms with Gasteiger partial charge in [0, 0.05) is 35.2 Å². The second kappa shape index (κ2) is 12.1. The van der Waals surface area contributed by atoms with Crippen molar-refractivity contribution >= 4 is 22.8 Å². The van der Waals surface area contributed by atoms with Crippen LogP contribution in [0, 0.1) is 0 Å². The average molecular weight is 605 g/mol. The highest BCUT2D eigenvalue weighted by Gasteiger charge is 2.51. The summed E-state index contributed by atoms with van der Waals surface area (Å²) in [6.07, 6.45) is 2.22. The Balaban J connectivity index is 1.47. The standard InChI is InChI=1S/C32H32N2O10/c1-40-23-5-3-4-19-12-25(43-28(19)23)32(39)34(14-17-6-9-42-16-17)22-13-21(31(38)33-7-8-35)26-20-10-18(15-36)11-24(41-2)29(20)44-30(26)27(22)37/h3-6,9-13,16,22,26-27,30,35-37H,7-8,14-15H2,1-2H3,(H,33,38). The van der Waals surface area contributed by atoms with E-state index in [9.17, 15) is 24.9 Å². The number of carbonyl (C=O) groups is 2. The predicted octanol–water partition coefficient (Wildman–Crippen LogP) is 2.50. The number of hydrogen-bond acceptors (Lipinski definition) is 10. The summed E-state index contributed by atoms with van der Waals surface area (Å²) in [7, 11) is 2.96. The van der Waals surface area contributed by atoms with Crippen molar-refractivity contribution in [1.82, 2.24) is 10.2 Å². The highest BCUT2D eigenvalue weighted by atomic mass is 16.5. The van der Waals surface area contributed by atoms with E-state index in [1.54, 1.807) is 48.5 Å². The van der Waals surface area contributed by atoms with Gasteiger partial charge in [-0.2, -0.15) is 0 Å². The number of nitrogens with one attached hydrogen (secondary N) is 1. The zero-order chi connectivity index (χ0) is 31.0. The summed E-state index contributed by atoms with van der Waals surface area (Å²) >= 11 is 0. The van der Waals surface area contributed by atoms with Crippen molar-refractivity contribution in [2.24, 2.45) is 0 Å². The molecule has 12 heteroatoms. The fraction of sp³-hybridized carbons (Fsp3) is 0.312. The molecule has 6 rings (SSSR count). The van der Waals surface area contributed by atoms with Crippen LogP contribution in [0.3, 0.4) is 0 Å². The Hall–Kier alpha value is -4.78. The first-order valence-electron chi connectivity index (χ1n) is 14.0. The van der Waals surface area contributed by atoms with E-state index in [2.05, 4.69) is 5.32 Å². The predicted molar refractivity (Wildman–Crippen MR) is 155 cm³/mol. The van der Waals surface area contributed by atoms with Gasteiger partial charge in [0.15, 0.2) is 28.6 Å². The van der Waals surface area contributed by atoms with E-state index in [0.717, 1.165) is 0 Å². The van der Waals surface area contributed by atoms with Crippen LogP contribution in [0.4, 0.5) is 0 Å². The molecule has 2 aromatic carbocycles. The largest absolute Gasteiger partial charge is 0.493 e. The van der Waals surface area contributed by atoms with Crippen LogP contribution in [0.1, 0.15) is 33.2 Å². The minimum absolute atomic E-state index is 0.00637. The Labute approximate surface area is 252 Å². The number of carbonyl (C=O) groups excluding carboxylic acids is 2. The van der Waals surface area contributed by atoms with Crippen molar-refractivity contribution in [3.05, 3.63) is 89.1 Å². The fourth-order valence-corrected chi connectivity index (χ4v) is 5.95. The zero-order valence-electron chi connectivity index (χ0n) is 24.1. The normalized spacial score (nSPS) is 20.3. The van der Waals surface area contributed by atoms with Gasteiger partial charge in [-0.1, -0.05) is 12.1 Å². The zero-order valence-corrected chi connectivity index (χ0v) is 24.1. The van der Waals surface area contributed by atoms with Crippen molar-refractivity contribution < 1.29 is 48.0 Å². The molecule has 2 aromatic heterocycles. The van der Waals surface area contributed by atoms with Gasteiger partial charge < -0.3 is 48.6 Å². The van der Waals surface area contributed by atoms with Gasteiger partial charge in [0.05, 0.1) is 51.9 Å². The molecule has 4 aromatic rings. The van der Waals surface area contributed by atoms with Gasteiger partial charge in [0.25, 0.3) is 5.91 Å². The molecule has 0 fully saturated rings. The maximum absolute atomic E-state index is 14.2. The van der Waals surface area contributed by atoms with E-state index in [0.29, 0.717) is 44.9 Å². The minimum atomic E-state index is -1.31. The smallest absolute Gasteiger partial charge is 0.290 e. The summed E-state index contributed by atoms with van der Waals surface area (Å²) in [5.41, 5.74) is 2.36. The van der Waals surface area contributed by atoms with E-state index in [1.807, 2.05) is 0 Å². The molecule has 0 spiro atoms. The Morgan fingerprint density at radius 1 is 1.05 bits per heavy atom. The molecule has 2 aliphatic rings. The molecule has 4 unspecified atom stereocenters. The first-order valence-corrected chi connectivity index (χ1v) is 14.0. The lowest BCUT2D eigenvalue weighted by atomic mass is 9.77. The summed E-state index contributed by atoms with van der Waals surface area (Å²) in [4.78, 5) is 29.2. The van der Waals surface area contributed by atoms with Crippen molar-refractivity contribution in [2.75, 3.05) is 27.4 Å². The first kappa shape index (κ1) is 29.3. The number of methoxy groups -OCH3 is 2. The number of nitrogens with zero attached hydrogens (tertiary/aromatic N) is 1. The topological polar surface area (TPSA) is 164 Å². The van der Waals surface area contributed by atoms with Gasteiger partial charge in [-0.15, -0.1) is 0 Å². The first-order chi connectivity index (χ1) is 21.4. The van der Waals surface area contributed by atoms with Crippen LogP contribution in [-0.4, -0.2) is 77.7 Å². The fourth-order valence-electron chi connectivity index (χ4n) is 5.95. The van der Waals surface area contributed by atoms with E-state index in [1.165, 1.54) is 31.6 Å². The molecule has 4 N–H and O–H groups in total. The van der Waals surface area contributed by atoms with Crippen molar-refractivity contribution in [1.29, 1.82) is 0 Å². The minimum Gasteiger partial charge on any atom is -0.493 e. The van der Waals surface area contributed by atoms with Gasteiger partial charge in [0.2, 0.25) is 5.91 Å². The monoisotopic (exact) mass is 604 g/mol. The molecule has 1 aliphatic carbocycles. The number of furan rings is 2. The Kier molecular flexibility index (Phi) is 8.04. The lowest BCUT2D eigenvalue weighted by molar-refractivity contribution is -0.118. The summed E-state index contributed by atoms with van der Waals surface area (Å²) in [6, 6.07) is 10.9. The van der Waals surface area contributed by atoms with Crippen LogP contribution < -0.4 is 19.5 Å². The van der Waals surface area contributed by atoms with Crippen LogP contribution in [0.2, 0.25) is 0 Å². The van der Waals surface area contributed by atoms with E-state index < -0.39 is 36.0 Å². The van der Waals surface area contributed by atoms with Crippen LogP contribution in [0.25, 0.3) is 11.0 Å². The van der Waals surface area contributed by atoms with Gasteiger partial charge in [-0.3, -0.25) is 9.59 Å². The molecule has 0 radical (unpaired) electrons. The molecule has 1 aliphatic heterocycles. The molecule has 0 saturated carbocycles. The third kappa shape index (κ3) is 5.06. The number of hydrogen-bond donors (Lipinski definition) is 4. The Bertz CT molecular complexity index is 1710. The summed E-state index contributed by atoms with van der Waals surface area (Å²) in [6.45, 7) is -0.560. The number of aliphatic hydroxyl groups is 3. The molecular weight excluding hydrogens is 572 g/mol. The van der Waals surface area contributed by atoms with Gasteiger partial charge in [-0.05, 0) is 42.0 Å². The van der Waals surface area contributed by atoms with Crippen LogP contribution in [0.5, 0.6) is 17.2 Å². The third-order valence-corrected chi connectivity index (χ3v) is 7.99. The lowest BCUT2D eigenvalue weighted by Gasteiger charge is -2.40. The molecule has 12 nitrogen and oxygen atoms in total. The SMILES string of the molecule is COc1cc(CO)cc2c1OC1C2C(C(=O)NCCO)=CC(N(Cc2ccoc2)C(=O)c2cc3cccc(OC)c3o2)C1O. The second-order valence-electron chi connectivity index (χ2n) is 10.6. The summed E-state index contributed by atoms with van der Waals surface area (Å²) in [5.74, 6) is -0.670. The molecule has 2 amide bonds. The summed E-state index contributed by atoms with van der Waals surface area (Å²) in [5, 5.41) is 34.5. The molecule has 4 atom stereocenters. The third-order valence-electron chi connectivity index (χ3n) is 7.99. The number of fused-ring (bicyclic) bond motifs is 4. The number of rotatable bonds is 10. The molecule has 0 saturated heterocycles. The maximum atomic E-state index is 14.2. The van der Waals surface area contributed by atoms with Gasteiger partial charge >= 0.3 is 0 Å². The Morgan fingerprint density at radius 2 is 1.86 bits per heavy atom. The molecular formula is C32H32N2O10. The number of amides is 2. The van der Waals surface area contributed by atoms with Crippen molar-refractivity contribution in [3.8, 4) is 17.2 Å². The van der Waals surface area contributed by atoms with E-state index >= 15 is 0 Å². The van der Waals surface area contributed by atoms with Gasteiger partial charge in [-0.25, -0.2) is 0 Å². The molecule has 230 valence electrons. The highest BCUT2D eigenvalue weighted by Crippen LogP contribution is 2.51. The average Bonchev–Trinajstić information content (AvgIpc) is 3.81. The van der Waals surface area contributed by atoms with Crippen LogP contribution in [0.15, 0.2) is 75.5 Å². The van der Waals surface area contributed by atoms with Crippen LogP contribution >= 0.6 is 0 Å². The number of ether oxygens (including phenoxy) is 3. The quantitative estimate of drug-likeness (QED) is 0.211. The van der Waals surface area contributed by atoms with Crippen molar-refractivity contribution in [3.63, 3.8) is 0 Å². The molecule has 44 heavy (non-hydrogen) atoms. The summed E-state index contributed by atoms with van der Waals surface area (Å²) < 4.78 is 28.4. The Morgan fingerprint density at radius 3 is 2.57 bits per heavy atom. The highest BCUT2D eigenvalue weighted by molar-refractivity contribution is 5.99. The number of aliphatic hydroxyl groups excluding tert-OH is 3. The maximum Gasteiger partial charge on any atom is 0.290 e.